The molecule has 92 valence electrons. The number of benzene rings is 1. The van der Waals surface area contributed by atoms with E-state index in [9.17, 15) is 4.79 Å². The number of ether oxygens (including phenoxy) is 1. The summed E-state index contributed by atoms with van der Waals surface area (Å²) >= 11 is 0. The number of carboxylic acids is 1. The topological polar surface area (TPSA) is 59.4 Å². The van der Waals surface area contributed by atoms with Crippen molar-refractivity contribution in [3.63, 3.8) is 0 Å². The van der Waals surface area contributed by atoms with Gasteiger partial charge in [-0.3, -0.25) is 4.98 Å². The van der Waals surface area contributed by atoms with Gasteiger partial charge in [-0.15, -0.1) is 0 Å². The highest BCUT2D eigenvalue weighted by atomic mass is 16.5. The average Bonchev–Trinajstić information content (AvgIpc) is 3.19. The van der Waals surface area contributed by atoms with Crippen molar-refractivity contribution >= 4 is 16.9 Å². The number of fused-ring (bicyclic) bond motifs is 1. The summed E-state index contributed by atoms with van der Waals surface area (Å²) in [5.74, 6) is 0.382. The monoisotopic (exact) mass is 243 g/mol. The highest BCUT2D eigenvalue weighted by Crippen LogP contribution is 2.31. The lowest BCUT2D eigenvalue weighted by molar-refractivity contribution is 0.0699. The van der Waals surface area contributed by atoms with Crippen LogP contribution in [0, 0.1) is 5.92 Å². The van der Waals surface area contributed by atoms with E-state index in [1.807, 2.05) is 6.07 Å². The lowest BCUT2D eigenvalue weighted by Gasteiger charge is -2.09. The van der Waals surface area contributed by atoms with E-state index in [0.717, 1.165) is 0 Å². The Kier molecular flexibility index (Phi) is 2.63. The molecular formula is C14H13NO3. The summed E-state index contributed by atoms with van der Waals surface area (Å²) in [7, 11) is 0. The van der Waals surface area contributed by atoms with Gasteiger partial charge in [0.2, 0.25) is 0 Å². The van der Waals surface area contributed by atoms with Gasteiger partial charge in [-0.05, 0) is 30.9 Å². The lowest BCUT2D eigenvalue weighted by Crippen LogP contribution is -2.02. The normalized spacial score (nSPS) is 14.7. The van der Waals surface area contributed by atoms with E-state index in [0.29, 0.717) is 29.2 Å². The molecule has 2 aromatic rings. The van der Waals surface area contributed by atoms with E-state index in [1.165, 1.54) is 25.1 Å². The van der Waals surface area contributed by atoms with Crippen LogP contribution in [0.4, 0.5) is 0 Å². The Labute approximate surface area is 104 Å². The molecule has 1 heterocycles. The molecule has 1 aliphatic rings. The Morgan fingerprint density at radius 1 is 1.39 bits per heavy atom. The molecule has 0 amide bonds. The van der Waals surface area contributed by atoms with Gasteiger partial charge in [0.15, 0.2) is 0 Å². The second-order valence-corrected chi connectivity index (χ2v) is 4.57. The van der Waals surface area contributed by atoms with Gasteiger partial charge in [-0.2, -0.15) is 0 Å². The van der Waals surface area contributed by atoms with Gasteiger partial charge < -0.3 is 9.84 Å². The number of carbonyl (C=O) groups is 1. The summed E-state index contributed by atoms with van der Waals surface area (Å²) in [6.07, 6.45) is 3.95. The van der Waals surface area contributed by atoms with Crippen LogP contribution >= 0.6 is 0 Å². The quantitative estimate of drug-likeness (QED) is 0.896. The number of hydrogen-bond acceptors (Lipinski definition) is 3. The fourth-order valence-electron chi connectivity index (χ4n) is 1.94. The smallest absolute Gasteiger partial charge is 0.336 e. The minimum Gasteiger partial charge on any atom is -0.491 e. The fraction of sp³-hybridized carbons (Fsp3) is 0.286. The third-order valence-corrected chi connectivity index (χ3v) is 3.14. The Bertz CT molecular complexity index is 605. The second kappa shape index (κ2) is 4.29. The zero-order valence-electron chi connectivity index (χ0n) is 9.80. The van der Waals surface area contributed by atoms with Crippen molar-refractivity contribution < 1.29 is 14.6 Å². The molecule has 0 radical (unpaired) electrons. The number of rotatable bonds is 4. The van der Waals surface area contributed by atoms with E-state index in [-0.39, 0.29) is 5.56 Å². The van der Waals surface area contributed by atoms with Crippen LogP contribution in [0.2, 0.25) is 0 Å². The highest BCUT2D eigenvalue weighted by Gasteiger charge is 2.22. The first-order valence-corrected chi connectivity index (χ1v) is 5.99. The predicted octanol–water partition coefficient (Wildman–Crippen LogP) is 2.72. The number of hydrogen-bond donors (Lipinski definition) is 1. The van der Waals surface area contributed by atoms with E-state index >= 15 is 0 Å². The molecule has 18 heavy (non-hydrogen) atoms. The predicted molar refractivity (Wildman–Crippen MR) is 66.9 cm³/mol. The maximum absolute atomic E-state index is 11.1. The van der Waals surface area contributed by atoms with Gasteiger partial charge >= 0.3 is 5.97 Å². The van der Waals surface area contributed by atoms with Crippen LogP contribution in [-0.4, -0.2) is 22.7 Å². The third kappa shape index (κ3) is 2.01. The van der Waals surface area contributed by atoms with Crippen molar-refractivity contribution in [2.75, 3.05) is 6.61 Å². The molecular weight excluding hydrogens is 230 g/mol. The van der Waals surface area contributed by atoms with Gasteiger partial charge in [-0.25, -0.2) is 4.79 Å². The molecule has 4 heteroatoms. The average molecular weight is 243 g/mol. The number of para-hydroxylation sites is 1. The molecule has 0 saturated heterocycles. The molecule has 0 spiro atoms. The molecule has 1 fully saturated rings. The van der Waals surface area contributed by atoms with E-state index in [4.69, 9.17) is 9.84 Å². The molecule has 1 N–H and O–H groups in total. The number of aromatic nitrogens is 1. The van der Waals surface area contributed by atoms with Crippen molar-refractivity contribution in [3.8, 4) is 5.75 Å². The first-order valence-electron chi connectivity index (χ1n) is 5.99. The molecule has 1 saturated carbocycles. The molecule has 0 aliphatic heterocycles. The van der Waals surface area contributed by atoms with Gasteiger partial charge in [0.05, 0.1) is 12.2 Å². The Morgan fingerprint density at radius 2 is 2.22 bits per heavy atom. The van der Waals surface area contributed by atoms with Crippen LogP contribution in [0.25, 0.3) is 10.9 Å². The van der Waals surface area contributed by atoms with Crippen molar-refractivity contribution in [2.45, 2.75) is 12.8 Å². The standard InChI is InChI=1S/C14H13NO3/c16-14(17)11-6-7-15-13-10(11)2-1-3-12(13)18-8-9-4-5-9/h1-3,6-7,9H,4-5,8H2,(H,16,17). The molecule has 0 bridgehead atoms. The number of carboxylic acid groups (broad SMARTS) is 1. The molecule has 3 rings (SSSR count). The largest absolute Gasteiger partial charge is 0.491 e. The summed E-state index contributed by atoms with van der Waals surface area (Å²) < 4.78 is 5.72. The zero-order valence-corrected chi connectivity index (χ0v) is 9.80. The maximum Gasteiger partial charge on any atom is 0.336 e. The maximum atomic E-state index is 11.1. The van der Waals surface area contributed by atoms with Gasteiger partial charge in [-0.1, -0.05) is 12.1 Å². The Hall–Kier alpha value is -2.10. The van der Waals surface area contributed by atoms with Gasteiger partial charge in [0.1, 0.15) is 11.3 Å². The summed E-state index contributed by atoms with van der Waals surface area (Å²) in [4.78, 5) is 15.4. The SMILES string of the molecule is O=C(O)c1ccnc2c(OCC3CC3)cccc12. The van der Waals surface area contributed by atoms with Crippen LogP contribution < -0.4 is 4.74 Å². The van der Waals surface area contributed by atoms with Crippen LogP contribution in [0.5, 0.6) is 5.75 Å². The van der Waals surface area contributed by atoms with E-state index in [2.05, 4.69) is 4.98 Å². The van der Waals surface area contributed by atoms with E-state index < -0.39 is 5.97 Å². The molecule has 4 nitrogen and oxygen atoms in total. The van der Waals surface area contributed by atoms with Crippen molar-refractivity contribution in [3.05, 3.63) is 36.0 Å². The van der Waals surface area contributed by atoms with Crippen molar-refractivity contribution in [2.24, 2.45) is 5.92 Å². The minimum atomic E-state index is -0.943. The van der Waals surface area contributed by atoms with Crippen LogP contribution in [-0.2, 0) is 0 Å². The summed E-state index contributed by atoms with van der Waals surface area (Å²) in [5, 5.41) is 9.76. The zero-order chi connectivity index (χ0) is 12.5. The third-order valence-electron chi connectivity index (χ3n) is 3.14. The molecule has 1 aromatic heterocycles. The fourth-order valence-corrected chi connectivity index (χ4v) is 1.94. The molecule has 1 aliphatic carbocycles. The highest BCUT2D eigenvalue weighted by molar-refractivity contribution is 6.03. The van der Waals surface area contributed by atoms with Crippen LogP contribution in [0.1, 0.15) is 23.2 Å². The van der Waals surface area contributed by atoms with Crippen molar-refractivity contribution in [1.29, 1.82) is 0 Å². The number of pyridine rings is 1. The van der Waals surface area contributed by atoms with Crippen molar-refractivity contribution in [1.82, 2.24) is 4.98 Å². The molecule has 0 unspecified atom stereocenters. The first kappa shape index (κ1) is 11.0. The van der Waals surface area contributed by atoms with Crippen LogP contribution in [0.3, 0.4) is 0 Å². The second-order valence-electron chi connectivity index (χ2n) is 4.57. The molecule has 1 aromatic carbocycles. The molecule has 0 atom stereocenters. The number of aromatic carboxylic acids is 1. The summed E-state index contributed by atoms with van der Waals surface area (Å²) in [6.45, 7) is 0.693. The van der Waals surface area contributed by atoms with Gasteiger partial charge in [0.25, 0.3) is 0 Å². The first-order chi connectivity index (χ1) is 8.75. The van der Waals surface area contributed by atoms with Crippen LogP contribution in [0.15, 0.2) is 30.5 Å². The Morgan fingerprint density at radius 3 is 2.94 bits per heavy atom. The minimum absolute atomic E-state index is 0.261. The number of nitrogens with zero attached hydrogens (tertiary/aromatic N) is 1. The lowest BCUT2D eigenvalue weighted by atomic mass is 10.1. The summed E-state index contributed by atoms with van der Waals surface area (Å²) in [5.41, 5.74) is 0.884. The van der Waals surface area contributed by atoms with E-state index in [1.54, 1.807) is 12.1 Å². The Balaban J connectivity index is 2.03. The summed E-state index contributed by atoms with van der Waals surface area (Å²) in [6, 6.07) is 6.91. The van der Waals surface area contributed by atoms with Gasteiger partial charge in [0, 0.05) is 11.6 Å².